The number of benzene rings is 2. The van der Waals surface area contributed by atoms with E-state index in [2.05, 4.69) is 9.97 Å². The summed E-state index contributed by atoms with van der Waals surface area (Å²) in [6.45, 7) is 1.35. The number of H-pyrrole nitrogens is 1. The first-order chi connectivity index (χ1) is 12.7. The van der Waals surface area contributed by atoms with Gasteiger partial charge in [-0.15, -0.1) is 0 Å². The van der Waals surface area contributed by atoms with Gasteiger partial charge in [0, 0.05) is 12.1 Å². The maximum atomic E-state index is 13.1. The largest absolute Gasteiger partial charge is 0.370 e. The molecule has 1 aliphatic rings. The minimum Gasteiger partial charge on any atom is -0.370 e. The Morgan fingerprint density at radius 2 is 1.92 bits per heavy atom. The molecule has 1 saturated heterocycles. The maximum absolute atomic E-state index is 13.1. The molecule has 132 valence electrons. The van der Waals surface area contributed by atoms with Crippen molar-refractivity contribution in [1.82, 2.24) is 14.9 Å². The number of carbonyl (C=O) groups is 1. The molecule has 1 atom stereocenters. The zero-order chi connectivity index (χ0) is 17.9. The van der Waals surface area contributed by atoms with Crippen LogP contribution in [0, 0.1) is 5.82 Å². The number of ether oxygens (including phenoxy) is 1. The monoisotopic (exact) mass is 351 g/mol. The third-order valence-corrected chi connectivity index (χ3v) is 4.50. The number of aromatic nitrogens is 2. The maximum Gasteiger partial charge on any atom is 0.272 e. The molecule has 0 bridgehead atoms. The van der Waals surface area contributed by atoms with Crippen molar-refractivity contribution in [3.63, 3.8) is 0 Å². The quantitative estimate of drug-likeness (QED) is 0.786. The first-order valence-corrected chi connectivity index (χ1v) is 8.47. The van der Waals surface area contributed by atoms with Crippen LogP contribution < -0.4 is 0 Å². The molecule has 0 aliphatic carbocycles. The Kier molecular flexibility index (Phi) is 4.50. The minimum atomic E-state index is -0.289. The van der Waals surface area contributed by atoms with Crippen LogP contribution in [0.15, 0.2) is 60.9 Å². The van der Waals surface area contributed by atoms with Crippen molar-refractivity contribution in [2.75, 3.05) is 19.7 Å². The van der Waals surface area contributed by atoms with E-state index in [9.17, 15) is 9.18 Å². The number of carbonyl (C=O) groups excluding carboxylic acids is 1. The number of nitrogens with zero attached hydrogens (tertiary/aromatic N) is 2. The number of halogens is 1. The minimum absolute atomic E-state index is 0.114. The number of imidazole rings is 1. The summed E-state index contributed by atoms with van der Waals surface area (Å²) in [6.07, 6.45) is 1.27. The van der Waals surface area contributed by atoms with Gasteiger partial charge in [-0.2, -0.15) is 0 Å². The second-order valence-electron chi connectivity index (χ2n) is 6.15. The highest BCUT2D eigenvalue weighted by atomic mass is 19.1. The topological polar surface area (TPSA) is 58.2 Å². The average molecular weight is 351 g/mol. The number of hydrogen-bond acceptors (Lipinski definition) is 3. The molecule has 6 heteroatoms. The third kappa shape index (κ3) is 3.23. The van der Waals surface area contributed by atoms with E-state index in [1.807, 2.05) is 30.3 Å². The van der Waals surface area contributed by atoms with Crippen LogP contribution in [0.5, 0.6) is 0 Å². The fraction of sp³-hybridized carbons (Fsp3) is 0.200. The standard InChI is InChI=1S/C20H18FN3O2/c21-16-8-6-14(7-9-16)17-12-24(10-11-26-17)20(25)19-18(22-13-23-19)15-4-2-1-3-5-15/h1-9,13,17H,10-12H2,(H,22,23)/t17-/m1/s1. The van der Waals surface area contributed by atoms with Crippen LogP contribution in [0.3, 0.4) is 0 Å². The van der Waals surface area contributed by atoms with E-state index in [1.165, 1.54) is 18.5 Å². The molecule has 1 fully saturated rings. The molecule has 1 aromatic heterocycles. The lowest BCUT2D eigenvalue weighted by Crippen LogP contribution is -2.42. The molecule has 4 rings (SSSR count). The van der Waals surface area contributed by atoms with E-state index >= 15 is 0 Å². The Balaban J connectivity index is 1.55. The van der Waals surface area contributed by atoms with Gasteiger partial charge in [0.05, 0.1) is 19.5 Å². The molecule has 0 spiro atoms. The summed E-state index contributed by atoms with van der Waals surface area (Å²) in [5.41, 5.74) is 2.86. The van der Waals surface area contributed by atoms with Crippen LogP contribution in [0.2, 0.25) is 0 Å². The van der Waals surface area contributed by atoms with E-state index in [1.54, 1.807) is 17.0 Å². The van der Waals surface area contributed by atoms with Crippen molar-refractivity contribution < 1.29 is 13.9 Å². The molecule has 0 unspecified atom stereocenters. The van der Waals surface area contributed by atoms with Gasteiger partial charge in [-0.05, 0) is 17.7 Å². The molecule has 1 amide bonds. The lowest BCUT2D eigenvalue weighted by atomic mass is 10.1. The van der Waals surface area contributed by atoms with Crippen LogP contribution >= 0.6 is 0 Å². The van der Waals surface area contributed by atoms with Crippen molar-refractivity contribution in [1.29, 1.82) is 0 Å². The van der Waals surface area contributed by atoms with Gasteiger partial charge >= 0.3 is 0 Å². The van der Waals surface area contributed by atoms with E-state index in [0.29, 0.717) is 31.1 Å². The summed E-state index contributed by atoms with van der Waals surface area (Å²) in [6, 6.07) is 15.8. The molecular formula is C20H18FN3O2. The predicted molar refractivity (Wildman–Crippen MR) is 95.0 cm³/mol. The Hall–Kier alpha value is -2.99. The normalized spacial score (nSPS) is 17.3. The molecule has 2 aromatic carbocycles. The van der Waals surface area contributed by atoms with Gasteiger partial charge in [-0.3, -0.25) is 4.79 Å². The Labute approximate surface area is 150 Å². The molecule has 0 radical (unpaired) electrons. The molecule has 2 heterocycles. The Bertz CT molecular complexity index is 893. The highest BCUT2D eigenvalue weighted by Gasteiger charge is 2.28. The number of hydrogen-bond donors (Lipinski definition) is 1. The molecule has 3 aromatic rings. The highest BCUT2D eigenvalue weighted by molar-refractivity contribution is 5.98. The zero-order valence-corrected chi connectivity index (χ0v) is 14.1. The van der Waals surface area contributed by atoms with Crippen LogP contribution in [0.1, 0.15) is 22.2 Å². The second-order valence-corrected chi connectivity index (χ2v) is 6.15. The SMILES string of the molecule is O=C(c1[nH]cnc1-c1ccccc1)N1CCO[C@@H](c2ccc(F)cc2)C1. The fourth-order valence-corrected chi connectivity index (χ4v) is 3.14. The van der Waals surface area contributed by atoms with Crippen LogP contribution in [-0.2, 0) is 4.74 Å². The number of morpholine rings is 1. The average Bonchev–Trinajstić information content (AvgIpc) is 3.18. The van der Waals surface area contributed by atoms with E-state index in [-0.39, 0.29) is 17.8 Å². The first kappa shape index (κ1) is 16.5. The van der Waals surface area contributed by atoms with E-state index < -0.39 is 0 Å². The van der Waals surface area contributed by atoms with Crippen LogP contribution in [-0.4, -0.2) is 40.5 Å². The molecule has 1 aliphatic heterocycles. The van der Waals surface area contributed by atoms with Gasteiger partial charge in [-0.25, -0.2) is 9.37 Å². The molecule has 0 saturated carbocycles. The van der Waals surface area contributed by atoms with Crippen LogP contribution in [0.25, 0.3) is 11.3 Å². The van der Waals surface area contributed by atoms with Gasteiger partial charge in [-0.1, -0.05) is 42.5 Å². The van der Waals surface area contributed by atoms with Gasteiger partial charge < -0.3 is 14.6 Å². The lowest BCUT2D eigenvalue weighted by molar-refractivity contribution is -0.0230. The number of amides is 1. The Morgan fingerprint density at radius 1 is 1.15 bits per heavy atom. The molecule has 1 N–H and O–H groups in total. The first-order valence-electron chi connectivity index (χ1n) is 8.47. The van der Waals surface area contributed by atoms with Crippen molar-refractivity contribution in [3.05, 3.63) is 78.0 Å². The second kappa shape index (κ2) is 7.09. The number of nitrogens with one attached hydrogen (secondary N) is 1. The van der Waals surface area contributed by atoms with Gasteiger partial charge in [0.15, 0.2) is 0 Å². The molecule has 5 nitrogen and oxygen atoms in total. The zero-order valence-electron chi connectivity index (χ0n) is 14.1. The van der Waals surface area contributed by atoms with Crippen molar-refractivity contribution in [2.45, 2.75) is 6.10 Å². The third-order valence-electron chi connectivity index (χ3n) is 4.50. The van der Waals surface area contributed by atoms with E-state index in [0.717, 1.165) is 11.1 Å². The van der Waals surface area contributed by atoms with Crippen molar-refractivity contribution in [3.8, 4) is 11.3 Å². The molecule has 26 heavy (non-hydrogen) atoms. The summed E-state index contributed by atoms with van der Waals surface area (Å²) in [4.78, 5) is 22.1. The lowest BCUT2D eigenvalue weighted by Gasteiger charge is -2.33. The molecular weight excluding hydrogens is 333 g/mol. The summed E-state index contributed by atoms with van der Waals surface area (Å²) < 4.78 is 18.9. The smallest absolute Gasteiger partial charge is 0.272 e. The predicted octanol–water partition coefficient (Wildman–Crippen LogP) is 3.43. The van der Waals surface area contributed by atoms with Crippen molar-refractivity contribution >= 4 is 5.91 Å². The fourth-order valence-electron chi connectivity index (χ4n) is 3.14. The summed E-state index contributed by atoms with van der Waals surface area (Å²) in [5.74, 6) is -0.404. The van der Waals surface area contributed by atoms with Gasteiger partial charge in [0.2, 0.25) is 0 Å². The van der Waals surface area contributed by atoms with E-state index in [4.69, 9.17) is 4.74 Å². The number of aromatic amines is 1. The van der Waals surface area contributed by atoms with Gasteiger partial charge in [0.25, 0.3) is 5.91 Å². The van der Waals surface area contributed by atoms with Crippen LogP contribution in [0.4, 0.5) is 4.39 Å². The van der Waals surface area contributed by atoms with Gasteiger partial charge in [0.1, 0.15) is 23.3 Å². The highest BCUT2D eigenvalue weighted by Crippen LogP contribution is 2.26. The van der Waals surface area contributed by atoms with Crippen molar-refractivity contribution in [2.24, 2.45) is 0 Å². The number of rotatable bonds is 3. The summed E-state index contributed by atoms with van der Waals surface area (Å²) in [7, 11) is 0. The summed E-state index contributed by atoms with van der Waals surface area (Å²) in [5, 5.41) is 0. The Morgan fingerprint density at radius 3 is 2.69 bits per heavy atom. The summed E-state index contributed by atoms with van der Waals surface area (Å²) >= 11 is 0.